The second kappa shape index (κ2) is 11.8. The first-order valence-electron chi connectivity index (χ1n) is 7.13. The third-order valence-corrected chi connectivity index (χ3v) is 2.73. The van der Waals surface area contributed by atoms with E-state index in [1.54, 1.807) is 0 Å². The van der Waals surface area contributed by atoms with Gasteiger partial charge in [0, 0.05) is 0 Å². The van der Waals surface area contributed by atoms with Crippen molar-refractivity contribution in [3.8, 4) is 0 Å². The minimum atomic E-state index is -0.997. The van der Waals surface area contributed by atoms with Gasteiger partial charge in [0.2, 0.25) is 0 Å². The fraction of sp³-hybridized carbons (Fsp3) is 0.733. The first kappa shape index (κ1) is 17.7. The summed E-state index contributed by atoms with van der Waals surface area (Å²) in [5.41, 5.74) is 0. The lowest BCUT2D eigenvalue weighted by Crippen LogP contribution is -2.26. The summed E-state index contributed by atoms with van der Waals surface area (Å²) in [5.74, 6) is -2.12. The van der Waals surface area contributed by atoms with Crippen molar-refractivity contribution < 1.29 is 19.1 Å². The molecule has 0 aromatic heterocycles. The van der Waals surface area contributed by atoms with Crippen molar-refractivity contribution in [2.45, 2.75) is 52.4 Å². The number of carbonyl (C=O) groups is 2. The highest BCUT2D eigenvalue weighted by Gasteiger charge is 2.26. The molecule has 0 aliphatic carbocycles. The summed E-state index contributed by atoms with van der Waals surface area (Å²) in [4.78, 5) is 23.3. The summed E-state index contributed by atoms with van der Waals surface area (Å²) in [7, 11) is 0. The van der Waals surface area contributed by atoms with Crippen LogP contribution < -0.4 is 0 Å². The van der Waals surface area contributed by atoms with Gasteiger partial charge in [-0.25, -0.2) is 0 Å². The molecule has 0 atom stereocenters. The third kappa shape index (κ3) is 8.41. The number of hydrogen-bond acceptors (Lipinski definition) is 4. The Balaban J connectivity index is 3.98. The molecule has 0 heterocycles. The first-order chi connectivity index (χ1) is 9.17. The van der Waals surface area contributed by atoms with Crippen LogP contribution in [0.15, 0.2) is 12.7 Å². The van der Waals surface area contributed by atoms with Crippen LogP contribution in [0.2, 0.25) is 0 Å². The standard InChI is InChI=1S/C15H26O4/c1-4-7-9-11-18-14(16)13(6-3)15(17)19-12-10-8-5-2/h6,13H,3-5,7-12H2,1-2H3. The van der Waals surface area contributed by atoms with Gasteiger partial charge in [-0.05, 0) is 12.8 Å². The van der Waals surface area contributed by atoms with E-state index in [1.165, 1.54) is 6.08 Å². The Labute approximate surface area is 116 Å². The molecule has 0 aromatic carbocycles. The topological polar surface area (TPSA) is 52.6 Å². The van der Waals surface area contributed by atoms with E-state index in [0.717, 1.165) is 38.5 Å². The summed E-state index contributed by atoms with van der Waals surface area (Å²) < 4.78 is 10.1. The Morgan fingerprint density at radius 1 is 0.947 bits per heavy atom. The van der Waals surface area contributed by atoms with Crippen LogP contribution in [0.5, 0.6) is 0 Å². The normalized spacial score (nSPS) is 10.3. The van der Waals surface area contributed by atoms with E-state index in [9.17, 15) is 9.59 Å². The number of unbranched alkanes of at least 4 members (excludes halogenated alkanes) is 4. The lowest BCUT2D eigenvalue weighted by molar-refractivity contribution is -0.159. The maximum Gasteiger partial charge on any atom is 0.324 e. The molecule has 0 aromatic rings. The molecule has 0 spiro atoms. The van der Waals surface area contributed by atoms with Gasteiger partial charge in [0.1, 0.15) is 0 Å². The van der Waals surface area contributed by atoms with Gasteiger partial charge in [-0.3, -0.25) is 9.59 Å². The number of carbonyl (C=O) groups excluding carboxylic acids is 2. The quantitative estimate of drug-likeness (QED) is 0.250. The Kier molecular flexibility index (Phi) is 10.9. The van der Waals surface area contributed by atoms with E-state index in [-0.39, 0.29) is 0 Å². The Hall–Kier alpha value is -1.32. The molecule has 0 unspecified atom stereocenters. The lowest BCUT2D eigenvalue weighted by Gasteiger charge is -2.12. The summed E-state index contributed by atoms with van der Waals surface area (Å²) in [6.07, 6.45) is 7.05. The number of hydrogen-bond donors (Lipinski definition) is 0. The minimum Gasteiger partial charge on any atom is -0.465 e. The molecule has 110 valence electrons. The minimum absolute atomic E-state index is 0.347. The molecule has 0 rings (SSSR count). The molecule has 0 saturated heterocycles. The van der Waals surface area contributed by atoms with Crippen molar-refractivity contribution in [3.63, 3.8) is 0 Å². The number of ether oxygens (including phenoxy) is 2. The van der Waals surface area contributed by atoms with Gasteiger partial charge in [-0.1, -0.05) is 45.6 Å². The summed E-state index contributed by atoms with van der Waals surface area (Å²) >= 11 is 0. The molecule has 0 N–H and O–H groups in total. The molecule has 0 saturated carbocycles. The molecule has 19 heavy (non-hydrogen) atoms. The second-order valence-electron chi connectivity index (χ2n) is 4.46. The van der Waals surface area contributed by atoms with Crippen LogP contribution in [-0.2, 0) is 19.1 Å². The predicted octanol–water partition coefficient (Wildman–Crippen LogP) is 3.26. The SMILES string of the molecule is C=CC(C(=O)OCCCCC)C(=O)OCCCCC. The molecule has 4 heteroatoms. The van der Waals surface area contributed by atoms with E-state index in [1.807, 2.05) is 0 Å². The van der Waals surface area contributed by atoms with Gasteiger partial charge in [0.25, 0.3) is 0 Å². The van der Waals surface area contributed by atoms with Crippen LogP contribution in [0, 0.1) is 5.92 Å². The summed E-state index contributed by atoms with van der Waals surface area (Å²) in [5, 5.41) is 0. The van der Waals surface area contributed by atoms with Crippen molar-refractivity contribution in [1.82, 2.24) is 0 Å². The zero-order valence-corrected chi connectivity index (χ0v) is 12.2. The van der Waals surface area contributed by atoms with E-state index in [0.29, 0.717) is 13.2 Å². The fourth-order valence-corrected chi connectivity index (χ4v) is 1.52. The third-order valence-electron chi connectivity index (χ3n) is 2.73. The van der Waals surface area contributed by atoms with Gasteiger partial charge in [0.15, 0.2) is 5.92 Å². The number of esters is 2. The van der Waals surface area contributed by atoms with Crippen LogP contribution in [0.25, 0.3) is 0 Å². The van der Waals surface area contributed by atoms with E-state index >= 15 is 0 Å². The number of rotatable bonds is 11. The lowest BCUT2D eigenvalue weighted by atomic mass is 10.1. The Morgan fingerprint density at radius 2 is 1.37 bits per heavy atom. The zero-order chi connectivity index (χ0) is 14.5. The van der Waals surface area contributed by atoms with Crippen molar-refractivity contribution in [2.24, 2.45) is 5.92 Å². The summed E-state index contributed by atoms with van der Waals surface area (Å²) in [6, 6.07) is 0. The second-order valence-corrected chi connectivity index (χ2v) is 4.46. The van der Waals surface area contributed by atoms with Crippen LogP contribution in [-0.4, -0.2) is 25.2 Å². The first-order valence-corrected chi connectivity index (χ1v) is 7.13. The largest absolute Gasteiger partial charge is 0.465 e. The van der Waals surface area contributed by atoms with Gasteiger partial charge in [-0.15, -0.1) is 6.58 Å². The average Bonchev–Trinajstić information content (AvgIpc) is 2.40. The van der Waals surface area contributed by atoms with Crippen molar-refractivity contribution in [3.05, 3.63) is 12.7 Å². The van der Waals surface area contributed by atoms with Gasteiger partial charge >= 0.3 is 11.9 Å². The maximum absolute atomic E-state index is 11.7. The van der Waals surface area contributed by atoms with Gasteiger partial charge in [0.05, 0.1) is 13.2 Å². The highest BCUT2D eigenvalue weighted by Crippen LogP contribution is 2.07. The summed E-state index contributed by atoms with van der Waals surface area (Å²) in [6.45, 7) is 8.33. The van der Waals surface area contributed by atoms with Crippen molar-refractivity contribution in [2.75, 3.05) is 13.2 Å². The fourth-order valence-electron chi connectivity index (χ4n) is 1.52. The van der Waals surface area contributed by atoms with Gasteiger partial charge < -0.3 is 9.47 Å². The van der Waals surface area contributed by atoms with Crippen LogP contribution in [0.4, 0.5) is 0 Å². The van der Waals surface area contributed by atoms with Crippen LogP contribution >= 0.6 is 0 Å². The molecular formula is C15H26O4. The highest BCUT2D eigenvalue weighted by molar-refractivity contribution is 5.96. The Bertz CT molecular complexity index is 249. The predicted molar refractivity (Wildman–Crippen MR) is 74.7 cm³/mol. The molecule has 0 fully saturated rings. The van der Waals surface area contributed by atoms with Crippen molar-refractivity contribution >= 4 is 11.9 Å². The molecule has 0 amide bonds. The van der Waals surface area contributed by atoms with Crippen LogP contribution in [0.1, 0.15) is 52.4 Å². The molecule has 0 bridgehead atoms. The molecular weight excluding hydrogens is 244 g/mol. The molecule has 0 aliphatic heterocycles. The molecule has 0 aliphatic rings. The van der Waals surface area contributed by atoms with Crippen LogP contribution in [0.3, 0.4) is 0 Å². The molecule has 0 radical (unpaired) electrons. The van der Waals surface area contributed by atoms with Crippen molar-refractivity contribution in [1.29, 1.82) is 0 Å². The van der Waals surface area contributed by atoms with E-state index < -0.39 is 17.9 Å². The zero-order valence-electron chi connectivity index (χ0n) is 12.2. The monoisotopic (exact) mass is 270 g/mol. The van der Waals surface area contributed by atoms with E-state index in [4.69, 9.17) is 9.47 Å². The van der Waals surface area contributed by atoms with E-state index in [2.05, 4.69) is 20.4 Å². The Morgan fingerprint density at radius 3 is 1.68 bits per heavy atom. The van der Waals surface area contributed by atoms with Gasteiger partial charge in [-0.2, -0.15) is 0 Å². The molecule has 4 nitrogen and oxygen atoms in total. The highest BCUT2D eigenvalue weighted by atomic mass is 16.6. The smallest absolute Gasteiger partial charge is 0.324 e. The maximum atomic E-state index is 11.7. The average molecular weight is 270 g/mol.